The van der Waals surface area contributed by atoms with Crippen LogP contribution in [-0.4, -0.2) is 24.5 Å². The maximum Gasteiger partial charge on any atom is 0.285 e. The summed E-state index contributed by atoms with van der Waals surface area (Å²) < 4.78 is 10.6. The molecule has 24 heavy (non-hydrogen) atoms. The first kappa shape index (κ1) is 17.3. The minimum Gasteiger partial charge on any atom is -0.493 e. The Morgan fingerprint density at radius 2 is 2.00 bits per heavy atom. The quantitative estimate of drug-likeness (QED) is 0.646. The number of nitrogens with one attached hydrogen (secondary N) is 1. The molecule has 0 spiro atoms. The molecule has 7 heteroatoms. The molecular weight excluding hydrogens is 312 g/mol. The van der Waals surface area contributed by atoms with E-state index in [1.807, 2.05) is 6.92 Å². The van der Waals surface area contributed by atoms with Crippen LogP contribution in [0, 0.1) is 17.0 Å². The monoisotopic (exact) mass is 330 g/mol. The number of carbonyl (C=O) groups excluding carboxylic acids is 1. The zero-order chi connectivity index (χ0) is 17.7. The lowest BCUT2D eigenvalue weighted by Gasteiger charge is -2.12. The third-order valence-electron chi connectivity index (χ3n) is 3.39. The molecule has 2 aromatic carbocycles. The summed E-state index contributed by atoms with van der Waals surface area (Å²) in [6.07, 6.45) is 0. The standard InChI is InChI=1S/C17H18N2O5/c1-4-24-14-9-8-12(10-15(14)23-3)18-17(20)13-7-5-6-11(2)16(13)19(21)22/h5-10H,4H2,1-3H3,(H,18,20). The zero-order valence-electron chi connectivity index (χ0n) is 13.7. The minimum absolute atomic E-state index is 0.00727. The number of ether oxygens (including phenoxy) is 2. The summed E-state index contributed by atoms with van der Waals surface area (Å²) in [6, 6.07) is 9.54. The number of rotatable bonds is 6. The molecule has 0 atom stereocenters. The molecule has 1 N–H and O–H groups in total. The molecule has 126 valence electrons. The average Bonchev–Trinajstić information content (AvgIpc) is 2.55. The maximum atomic E-state index is 12.4. The number of nitro benzene ring substituents is 1. The summed E-state index contributed by atoms with van der Waals surface area (Å²) in [4.78, 5) is 23.1. The summed E-state index contributed by atoms with van der Waals surface area (Å²) in [6.45, 7) is 3.93. The van der Waals surface area contributed by atoms with E-state index < -0.39 is 10.8 Å². The largest absolute Gasteiger partial charge is 0.493 e. The first-order chi connectivity index (χ1) is 11.5. The SMILES string of the molecule is CCOc1ccc(NC(=O)c2cccc(C)c2[N+](=O)[O-])cc1OC. The predicted octanol–water partition coefficient (Wildman–Crippen LogP) is 3.56. The first-order valence-corrected chi connectivity index (χ1v) is 7.34. The number of methoxy groups -OCH3 is 1. The fraction of sp³-hybridized carbons (Fsp3) is 0.235. The van der Waals surface area contributed by atoms with Gasteiger partial charge in [0.15, 0.2) is 11.5 Å². The number of nitro groups is 1. The predicted molar refractivity (Wildman–Crippen MR) is 89.9 cm³/mol. The number of amides is 1. The van der Waals surface area contributed by atoms with E-state index >= 15 is 0 Å². The highest BCUT2D eigenvalue weighted by molar-refractivity contribution is 6.07. The van der Waals surface area contributed by atoms with Crippen molar-refractivity contribution >= 4 is 17.3 Å². The van der Waals surface area contributed by atoms with Crippen LogP contribution in [0.5, 0.6) is 11.5 Å². The highest BCUT2D eigenvalue weighted by Crippen LogP contribution is 2.31. The van der Waals surface area contributed by atoms with E-state index in [1.165, 1.54) is 13.2 Å². The fourth-order valence-corrected chi connectivity index (χ4v) is 2.30. The summed E-state index contributed by atoms with van der Waals surface area (Å²) in [5.41, 5.74) is 0.689. The Morgan fingerprint density at radius 3 is 2.62 bits per heavy atom. The third kappa shape index (κ3) is 3.62. The number of carbonyl (C=O) groups is 1. The molecule has 0 aliphatic carbocycles. The Balaban J connectivity index is 2.31. The highest BCUT2D eigenvalue weighted by Gasteiger charge is 2.22. The number of hydrogen-bond acceptors (Lipinski definition) is 5. The molecule has 7 nitrogen and oxygen atoms in total. The molecule has 0 unspecified atom stereocenters. The van der Waals surface area contributed by atoms with Crippen LogP contribution in [0.15, 0.2) is 36.4 Å². The Bertz CT molecular complexity index is 774. The van der Waals surface area contributed by atoms with Gasteiger partial charge in [0.25, 0.3) is 11.6 Å². The maximum absolute atomic E-state index is 12.4. The minimum atomic E-state index is -0.559. The van der Waals surface area contributed by atoms with Crippen molar-refractivity contribution < 1.29 is 19.2 Å². The summed E-state index contributed by atoms with van der Waals surface area (Å²) >= 11 is 0. The second kappa shape index (κ2) is 7.45. The van der Waals surface area contributed by atoms with E-state index in [-0.39, 0.29) is 11.3 Å². The molecule has 0 saturated carbocycles. The van der Waals surface area contributed by atoms with Gasteiger partial charge in [-0.25, -0.2) is 0 Å². The van der Waals surface area contributed by atoms with E-state index in [1.54, 1.807) is 37.3 Å². The number of nitrogens with zero attached hydrogens (tertiary/aromatic N) is 1. The van der Waals surface area contributed by atoms with Crippen LogP contribution in [-0.2, 0) is 0 Å². The number of benzene rings is 2. The van der Waals surface area contributed by atoms with Gasteiger partial charge in [0.05, 0.1) is 18.6 Å². The molecule has 0 fully saturated rings. The Labute approximate surface area is 139 Å². The molecule has 0 aromatic heterocycles. The van der Waals surface area contributed by atoms with Gasteiger partial charge in [-0.1, -0.05) is 12.1 Å². The van der Waals surface area contributed by atoms with Crippen LogP contribution in [0.4, 0.5) is 11.4 Å². The van der Waals surface area contributed by atoms with Crippen LogP contribution in [0.25, 0.3) is 0 Å². The van der Waals surface area contributed by atoms with Gasteiger partial charge in [-0.05, 0) is 32.0 Å². The van der Waals surface area contributed by atoms with Gasteiger partial charge in [0, 0.05) is 17.3 Å². The van der Waals surface area contributed by atoms with Crippen LogP contribution in [0.2, 0.25) is 0 Å². The van der Waals surface area contributed by atoms with Crippen molar-refractivity contribution in [2.45, 2.75) is 13.8 Å². The molecule has 0 heterocycles. The van der Waals surface area contributed by atoms with Gasteiger partial charge in [0.1, 0.15) is 5.56 Å². The van der Waals surface area contributed by atoms with E-state index in [9.17, 15) is 14.9 Å². The molecule has 2 rings (SSSR count). The average molecular weight is 330 g/mol. The molecule has 0 aliphatic heterocycles. The van der Waals surface area contributed by atoms with Gasteiger partial charge < -0.3 is 14.8 Å². The van der Waals surface area contributed by atoms with E-state index in [4.69, 9.17) is 9.47 Å². The van der Waals surface area contributed by atoms with Crippen molar-refractivity contribution in [3.05, 3.63) is 57.6 Å². The van der Waals surface area contributed by atoms with Crippen LogP contribution in [0.3, 0.4) is 0 Å². The third-order valence-corrected chi connectivity index (χ3v) is 3.39. The lowest BCUT2D eigenvalue weighted by Crippen LogP contribution is -2.14. The number of para-hydroxylation sites is 1. The molecule has 0 bridgehead atoms. The molecule has 0 saturated heterocycles. The van der Waals surface area contributed by atoms with Gasteiger partial charge in [-0.15, -0.1) is 0 Å². The topological polar surface area (TPSA) is 90.7 Å². The van der Waals surface area contributed by atoms with E-state index in [0.29, 0.717) is 29.4 Å². The second-order valence-corrected chi connectivity index (χ2v) is 4.98. The van der Waals surface area contributed by atoms with Crippen LogP contribution in [0.1, 0.15) is 22.8 Å². The van der Waals surface area contributed by atoms with Crippen LogP contribution < -0.4 is 14.8 Å². The normalized spacial score (nSPS) is 10.1. The van der Waals surface area contributed by atoms with Crippen molar-refractivity contribution in [1.29, 1.82) is 0 Å². The number of aryl methyl sites for hydroxylation is 1. The lowest BCUT2D eigenvalue weighted by molar-refractivity contribution is -0.385. The van der Waals surface area contributed by atoms with Gasteiger partial charge in [0.2, 0.25) is 0 Å². The van der Waals surface area contributed by atoms with Gasteiger partial charge in [-0.3, -0.25) is 14.9 Å². The van der Waals surface area contributed by atoms with Crippen LogP contribution >= 0.6 is 0 Å². The molecule has 0 aliphatic rings. The highest BCUT2D eigenvalue weighted by atomic mass is 16.6. The Kier molecular flexibility index (Phi) is 5.36. The van der Waals surface area contributed by atoms with E-state index in [2.05, 4.69) is 5.32 Å². The van der Waals surface area contributed by atoms with E-state index in [0.717, 1.165) is 0 Å². The van der Waals surface area contributed by atoms with Crippen molar-refractivity contribution in [2.24, 2.45) is 0 Å². The Hall–Kier alpha value is -3.09. The summed E-state index contributed by atoms with van der Waals surface area (Å²) in [5, 5.41) is 13.9. The van der Waals surface area contributed by atoms with Gasteiger partial charge >= 0.3 is 0 Å². The summed E-state index contributed by atoms with van der Waals surface area (Å²) in [7, 11) is 1.49. The molecule has 2 aromatic rings. The molecular formula is C17H18N2O5. The molecule has 0 radical (unpaired) electrons. The summed E-state index contributed by atoms with van der Waals surface area (Å²) in [5.74, 6) is 0.463. The van der Waals surface area contributed by atoms with Crippen molar-refractivity contribution in [3.63, 3.8) is 0 Å². The van der Waals surface area contributed by atoms with Crippen molar-refractivity contribution in [1.82, 2.24) is 0 Å². The van der Waals surface area contributed by atoms with Gasteiger partial charge in [-0.2, -0.15) is 0 Å². The smallest absolute Gasteiger partial charge is 0.285 e. The van der Waals surface area contributed by atoms with Crippen molar-refractivity contribution in [3.8, 4) is 11.5 Å². The molecule has 1 amide bonds. The lowest BCUT2D eigenvalue weighted by atomic mass is 10.1. The fourth-order valence-electron chi connectivity index (χ4n) is 2.30. The zero-order valence-corrected chi connectivity index (χ0v) is 13.7. The second-order valence-electron chi connectivity index (χ2n) is 4.98. The Morgan fingerprint density at radius 1 is 1.25 bits per heavy atom. The number of hydrogen-bond donors (Lipinski definition) is 1. The van der Waals surface area contributed by atoms with Crippen molar-refractivity contribution in [2.75, 3.05) is 19.0 Å². The number of anilines is 1. The first-order valence-electron chi connectivity index (χ1n) is 7.34.